The Morgan fingerprint density at radius 2 is 1.95 bits per heavy atom. The van der Waals surface area contributed by atoms with Gasteiger partial charge in [-0.1, -0.05) is 25.8 Å². The van der Waals surface area contributed by atoms with Gasteiger partial charge in [0.15, 0.2) is 11.5 Å². The molecule has 2 unspecified atom stereocenters. The summed E-state index contributed by atoms with van der Waals surface area (Å²) in [5.74, 6) is 3.55. The number of benzene rings is 1. The number of hydrogen-bond acceptors (Lipinski definition) is 3. The molecule has 0 aromatic heterocycles. The fourth-order valence-corrected chi connectivity index (χ4v) is 3.48. The van der Waals surface area contributed by atoms with Crippen molar-refractivity contribution in [2.45, 2.75) is 45.6 Å². The second-order valence-corrected chi connectivity index (χ2v) is 6.60. The van der Waals surface area contributed by atoms with Gasteiger partial charge in [0.2, 0.25) is 0 Å². The monoisotopic (exact) mass is 289 g/mol. The van der Waals surface area contributed by atoms with Gasteiger partial charge in [-0.2, -0.15) is 0 Å². The normalized spacial score (nSPS) is 25.4. The molecule has 0 radical (unpaired) electrons. The summed E-state index contributed by atoms with van der Waals surface area (Å²) >= 11 is 0. The van der Waals surface area contributed by atoms with E-state index in [0.717, 1.165) is 56.1 Å². The summed E-state index contributed by atoms with van der Waals surface area (Å²) in [7, 11) is 0. The zero-order valence-electron chi connectivity index (χ0n) is 13.1. The largest absolute Gasteiger partial charge is 0.490 e. The first-order valence-corrected chi connectivity index (χ1v) is 8.40. The van der Waals surface area contributed by atoms with Crippen LogP contribution < -0.4 is 14.8 Å². The summed E-state index contributed by atoms with van der Waals surface area (Å²) in [4.78, 5) is 0. The molecule has 2 atom stereocenters. The highest BCUT2D eigenvalue weighted by Crippen LogP contribution is 2.31. The topological polar surface area (TPSA) is 30.5 Å². The van der Waals surface area contributed by atoms with Crippen molar-refractivity contribution in [3.63, 3.8) is 0 Å². The molecule has 1 heterocycles. The molecule has 3 heteroatoms. The molecular weight excluding hydrogens is 262 g/mol. The molecule has 1 N–H and O–H groups in total. The Morgan fingerprint density at radius 3 is 2.81 bits per heavy atom. The van der Waals surface area contributed by atoms with E-state index in [9.17, 15) is 0 Å². The van der Waals surface area contributed by atoms with Crippen LogP contribution >= 0.6 is 0 Å². The Balaban J connectivity index is 1.50. The average molecular weight is 289 g/mol. The summed E-state index contributed by atoms with van der Waals surface area (Å²) < 4.78 is 11.4. The second kappa shape index (κ2) is 7.17. The highest BCUT2D eigenvalue weighted by molar-refractivity contribution is 5.43. The third-order valence-electron chi connectivity index (χ3n) is 4.62. The van der Waals surface area contributed by atoms with Gasteiger partial charge in [0.1, 0.15) is 0 Å². The molecule has 116 valence electrons. The third kappa shape index (κ3) is 4.13. The van der Waals surface area contributed by atoms with Crippen LogP contribution in [0.2, 0.25) is 0 Å². The quantitative estimate of drug-likeness (QED) is 0.915. The number of ether oxygens (including phenoxy) is 2. The molecule has 1 saturated carbocycles. The maximum atomic E-state index is 5.75. The van der Waals surface area contributed by atoms with Gasteiger partial charge >= 0.3 is 0 Å². The smallest absolute Gasteiger partial charge is 0.161 e. The van der Waals surface area contributed by atoms with E-state index >= 15 is 0 Å². The summed E-state index contributed by atoms with van der Waals surface area (Å²) in [5, 5.41) is 3.62. The fraction of sp³-hybridized carbons (Fsp3) is 0.667. The van der Waals surface area contributed by atoms with Crippen LogP contribution in [0, 0.1) is 11.8 Å². The first-order chi connectivity index (χ1) is 10.3. The lowest BCUT2D eigenvalue weighted by molar-refractivity contribution is 0.274. The number of rotatable bonds is 4. The molecule has 2 aliphatic rings. The first-order valence-electron chi connectivity index (χ1n) is 8.40. The highest BCUT2D eigenvalue weighted by atomic mass is 16.5. The Hall–Kier alpha value is -1.22. The van der Waals surface area contributed by atoms with Crippen molar-refractivity contribution < 1.29 is 9.47 Å². The van der Waals surface area contributed by atoms with E-state index in [-0.39, 0.29) is 0 Å². The van der Waals surface area contributed by atoms with Crippen LogP contribution in [-0.2, 0) is 6.54 Å². The van der Waals surface area contributed by atoms with Crippen molar-refractivity contribution in [2.24, 2.45) is 11.8 Å². The molecule has 3 nitrogen and oxygen atoms in total. The van der Waals surface area contributed by atoms with Gasteiger partial charge in [0.05, 0.1) is 13.2 Å². The minimum atomic E-state index is 0.754. The van der Waals surface area contributed by atoms with Gasteiger partial charge in [0, 0.05) is 13.0 Å². The minimum absolute atomic E-state index is 0.754. The molecule has 0 amide bonds. The van der Waals surface area contributed by atoms with Crippen LogP contribution in [0.4, 0.5) is 0 Å². The summed E-state index contributed by atoms with van der Waals surface area (Å²) in [5.41, 5.74) is 1.28. The third-order valence-corrected chi connectivity index (χ3v) is 4.62. The molecule has 1 aromatic rings. The van der Waals surface area contributed by atoms with Crippen LogP contribution in [0.1, 0.15) is 44.6 Å². The molecule has 0 spiro atoms. The molecule has 21 heavy (non-hydrogen) atoms. The van der Waals surface area contributed by atoms with Gasteiger partial charge < -0.3 is 14.8 Å². The molecular formula is C18H27NO2. The molecule has 1 aromatic carbocycles. The van der Waals surface area contributed by atoms with Crippen LogP contribution in [0.3, 0.4) is 0 Å². The van der Waals surface area contributed by atoms with Crippen LogP contribution in [0.5, 0.6) is 11.5 Å². The van der Waals surface area contributed by atoms with Gasteiger partial charge in [-0.15, -0.1) is 0 Å². The van der Waals surface area contributed by atoms with Gasteiger partial charge in [-0.25, -0.2) is 0 Å². The van der Waals surface area contributed by atoms with E-state index in [2.05, 4.69) is 24.4 Å². The van der Waals surface area contributed by atoms with E-state index in [0.29, 0.717) is 0 Å². The molecule has 0 bridgehead atoms. The zero-order chi connectivity index (χ0) is 14.5. The van der Waals surface area contributed by atoms with Crippen LogP contribution in [-0.4, -0.2) is 19.8 Å². The summed E-state index contributed by atoms with van der Waals surface area (Å²) in [6.07, 6.45) is 6.55. The fourth-order valence-electron chi connectivity index (χ4n) is 3.48. The standard InChI is InChI=1S/C18H27NO2/c1-14-4-2-5-15(10-14)12-19-13-16-6-7-17-18(11-16)21-9-3-8-20-17/h6-7,11,14-15,19H,2-5,8-10,12-13H2,1H3. The van der Waals surface area contributed by atoms with Crippen LogP contribution in [0.25, 0.3) is 0 Å². The minimum Gasteiger partial charge on any atom is -0.490 e. The van der Waals surface area contributed by atoms with Crippen molar-refractivity contribution in [3.8, 4) is 11.5 Å². The van der Waals surface area contributed by atoms with Crippen molar-refractivity contribution in [1.82, 2.24) is 5.32 Å². The first kappa shape index (κ1) is 14.7. The SMILES string of the molecule is CC1CCCC(CNCc2ccc3c(c2)OCCCO3)C1. The van der Waals surface area contributed by atoms with Crippen molar-refractivity contribution in [1.29, 1.82) is 0 Å². The van der Waals surface area contributed by atoms with E-state index in [4.69, 9.17) is 9.47 Å². The molecule has 1 aliphatic heterocycles. The van der Waals surface area contributed by atoms with E-state index < -0.39 is 0 Å². The van der Waals surface area contributed by atoms with E-state index in [1.54, 1.807) is 0 Å². The second-order valence-electron chi connectivity index (χ2n) is 6.60. The van der Waals surface area contributed by atoms with Crippen molar-refractivity contribution in [2.75, 3.05) is 19.8 Å². The maximum absolute atomic E-state index is 5.75. The Kier molecular flexibility index (Phi) is 5.02. The predicted octanol–water partition coefficient (Wildman–Crippen LogP) is 3.76. The van der Waals surface area contributed by atoms with Crippen molar-refractivity contribution >= 4 is 0 Å². The molecule has 3 rings (SSSR count). The van der Waals surface area contributed by atoms with Crippen molar-refractivity contribution in [3.05, 3.63) is 23.8 Å². The molecule has 1 aliphatic carbocycles. The Morgan fingerprint density at radius 1 is 1.10 bits per heavy atom. The van der Waals surface area contributed by atoms with Crippen LogP contribution in [0.15, 0.2) is 18.2 Å². The molecule has 1 fully saturated rings. The summed E-state index contributed by atoms with van der Waals surface area (Å²) in [6, 6.07) is 6.31. The van der Waals surface area contributed by atoms with Gasteiger partial charge in [0.25, 0.3) is 0 Å². The summed E-state index contributed by atoms with van der Waals surface area (Å²) in [6.45, 7) is 5.95. The lowest BCUT2D eigenvalue weighted by atomic mass is 9.82. The maximum Gasteiger partial charge on any atom is 0.161 e. The van der Waals surface area contributed by atoms with Gasteiger partial charge in [-0.3, -0.25) is 0 Å². The lowest BCUT2D eigenvalue weighted by Crippen LogP contribution is -2.26. The van der Waals surface area contributed by atoms with Gasteiger partial charge in [-0.05, 0) is 48.9 Å². The van der Waals surface area contributed by atoms with E-state index in [1.807, 2.05) is 6.07 Å². The Labute approximate surface area is 128 Å². The average Bonchev–Trinajstić information content (AvgIpc) is 2.72. The predicted molar refractivity (Wildman–Crippen MR) is 84.9 cm³/mol. The van der Waals surface area contributed by atoms with E-state index in [1.165, 1.54) is 31.2 Å². The molecule has 0 saturated heterocycles. The Bertz CT molecular complexity index is 461. The number of nitrogens with one attached hydrogen (secondary N) is 1. The lowest BCUT2D eigenvalue weighted by Gasteiger charge is -2.26. The number of hydrogen-bond donors (Lipinski definition) is 1. The highest BCUT2D eigenvalue weighted by Gasteiger charge is 2.18. The number of fused-ring (bicyclic) bond motifs is 1. The zero-order valence-corrected chi connectivity index (χ0v) is 13.1.